The number of rotatable bonds is 4. The standard InChI is InChI=1S/C8H16FN3OS/c9-7(14-6-1-10)8(13)12-4-2-11-3-5-12/h7,11H,1-6,10H2. The van der Waals surface area contributed by atoms with Gasteiger partial charge in [-0.05, 0) is 0 Å². The van der Waals surface area contributed by atoms with Gasteiger partial charge in [0.25, 0.3) is 5.91 Å². The Balaban J connectivity index is 2.30. The molecule has 0 aromatic heterocycles. The van der Waals surface area contributed by atoms with Crippen LogP contribution in [-0.2, 0) is 4.79 Å². The van der Waals surface area contributed by atoms with Crippen molar-refractivity contribution < 1.29 is 9.18 Å². The summed E-state index contributed by atoms with van der Waals surface area (Å²) < 4.78 is 13.3. The van der Waals surface area contributed by atoms with Gasteiger partial charge in [0.1, 0.15) is 0 Å². The van der Waals surface area contributed by atoms with Crippen LogP contribution in [0.3, 0.4) is 0 Å². The highest BCUT2D eigenvalue weighted by atomic mass is 32.2. The topological polar surface area (TPSA) is 58.4 Å². The zero-order chi connectivity index (χ0) is 10.4. The van der Waals surface area contributed by atoms with Crippen LogP contribution in [0.15, 0.2) is 0 Å². The molecule has 0 aliphatic carbocycles. The highest BCUT2D eigenvalue weighted by Gasteiger charge is 2.24. The number of carbonyl (C=O) groups is 1. The Bertz CT molecular complexity index is 187. The number of hydrogen-bond donors (Lipinski definition) is 2. The van der Waals surface area contributed by atoms with Crippen LogP contribution in [0, 0.1) is 0 Å². The second-order valence-corrected chi connectivity index (χ2v) is 4.21. The fourth-order valence-electron chi connectivity index (χ4n) is 1.27. The molecule has 1 rings (SSSR count). The maximum atomic E-state index is 13.3. The fourth-order valence-corrected chi connectivity index (χ4v) is 1.91. The van der Waals surface area contributed by atoms with Gasteiger partial charge in [-0.2, -0.15) is 0 Å². The van der Waals surface area contributed by atoms with E-state index in [1.807, 2.05) is 0 Å². The molecule has 82 valence electrons. The summed E-state index contributed by atoms with van der Waals surface area (Å²) in [4.78, 5) is 13.0. The van der Waals surface area contributed by atoms with Crippen LogP contribution in [-0.4, -0.2) is 54.8 Å². The van der Waals surface area contributed by atoms with Crippen LogP contribution in [0.25, 0.3) is 0 Å². The van der Waals surface area contributed by atoms with Crippen molar-refractivity contribution in [1.29, 1.82) is 0 Å². The molecule has 14 heavy (non-hydrogen) atoms. The second-order valence-electron chi connectivity index (χ2n) is 3.05. The van der Waals surface area contributed by atoms with Crippen molar-refractivity contribution in [3.63, 3.8) is 0 Å². The smallest absolute Gasteiger partial charge is 0.267 e. The van der Waals surface area contributed by atoms with E-state index in [2.05, 4.69) is 5.32 Å². The zero-order valence-electron chi connectivity index (χ0n) is 8.04. The summed E-state index contributed by atoms with van der Waals surface area (Å²) in [6.07, 6.45) is 0. The molecule has 4 nitrogen and oxygen atoms in total. The van der Waals surface area contributed by atoms with Gasteiger partial charge >= 0.3 is 0 Å². The third-order valence-corrected chi connectivity index (χ3v) is 2.97. The minimum absolute atomic E-state index is 0.403. The minimum Gasteiger partial charge on any atom is -0.337 e. The summed E-state index contributed by atoms with van der Waals surface area (Å²) in [5.74, 6) is 0.0730. The molecule has 1 aliphatic rings. The van der Waals surface area contributed by atoms with E-state index in [9.17, 15) is 9.18 Å². The Morgan fingerprint density at radius 2 is 2.21 bits per heavy atom. The number of nitrogens with one attached hydrogen (secondary N) is 1. The van der Waals surface area contributed by atoms with Gasteiger partial charge in [0.15, 0.2) is 0 Å². The van der Waals surface area contributed by atoms with Gasteiger partial charge in [0.2, 0.25) is 5.50 Å². The van der Waals surface area contributed by atoms with Crippen LogP contribution < -0.4 is 11.1 Å². The number of hydrogen-bond acceptors (Lipinski definition) is 4. The molecule has 1 aliphatic heterocycles. The average Bonchev–Trinajstić information content (AvgIpc) is 2.26. The monoisotopic (exact) mass is 221 g/mol. The van der Waals surface area contributed by atoms with Crippen LogP contribution in [0.1, 0.15) is 0 Å². The van der Waals surface area contributed by atoms with Gasteiger partial charge < -0.3 is 16.0 Å². The Morgan fingerprint density at radius 1 is 1.57 bits per heavy atom. The van der Waals surface area contributed by atoms with E-state index in [4.69, 9.17) is 5.73 Å². The molecule has 6 heteroatoms. The Kier molecular flexibility index (Phi) is 5.21. The molecule has 1 heterocycles. The normalized spacial score (nSPS) is 19.4. The summed E-state index contributed by atoms with van der Waals surface area (Å²) in [6, 6.07) is 0. The number of alkyl halides is 1. The molecule has 1 saturated heterocycles. The number of amides is 1. The molecule has 0 aromatic rings. The van der Waals surface area contributed by atoms with E-state index in [1.54, 1.807) is 4.90 Å². The van der Waals surface area contributed by atoms with Crippen molar-refractivity contribution in [3.8, 4) is 0 Å². The molecule has 3 N–H and O–H groups in total. The number of carbonyl (C=O) groups excluding carboxylic acids is 1. The van der Waals surface area contributed by atoms with Gasteiger partial charge in [-0.15, -0.1) is 11.8 Å². The molecule has 0 aromatic carbocycles. The van der Waals surface area contributed by atoms with Crippen molar-refractivity contribution in [2.24, 2.45) is 5.73 Å². The van der Waals surface area contributed by atoms with Crippen molar-refractivity contribution in [2.75, 3.05) is 38.5 Å². The molecule has 1 atom stereocenters. The van der Waals surface area contributed by atoms with Crippen LogP contribution in [0.4, 0.5) is 4.39 Å². The molecular formula is C8H16FN3OS. The molecule has 1 amide bonds. The lowest BCUT2D eigenvalue weighted by atomic mass is 10.3. The van der Waals surface area contributed by atoms with Gasteiger partial charge in [0.05, 0.1) is 0 Å². The average molecular weight is 221 g/mol. The van der Waals surface area contributed by atoms with Crippen molar-refractivity contribution in [3.05, 3.63) is 0 Å². The first-order valence-corrected chi connectivity index (χ1v) is 5.76. The van der Waals surface area contributed by atoms with E-state index in [1.165, 1.54) is 0 Å². The lowest BCUT2D eigenvalue weighted by Gasteiger charge is -2.28. The van der Waals surface area contributed by atoms with Gasteiger partial charge in [0, 0.05) is 38.5 Å². The molecule has 0 saturated carbocycles. The number of halogens is 1. The third-order valence-electron chi connectivity index (χ3n) is 2.00. The van der Waals surface area contributed by atoms with E-state index < -0.39 is 11.4 Å². The summed E-state index contributed by atoms with van der Waals surface area (Å²) >= 11 is 0.975. The highest BCUT2D eigenvalue weighted by Crippen LogP contribution is 2.14. The second kappa shape index (κ2) is 6.21. The summed E-state index contributed by atoms with van der Waals surface area (Å²) in [6.45, 7) is 3.10. The van der Waals surface area contributed by atoms with Gasteiger partial charge in [-0.3, -0.25) is 4.79 Å². The number of piperazine rings is 1. The highest BCUT2D eigenvalue weighted by molar-refractivity contribution is 8.00. The Labute approximate surface area is 87.4 Å². The van der Waals surface area contributed by atoms with Crippen molar-refractivity contribution >= 4 is 17.7 Å². The number of nitrogens with zero attached hydrogens (tertiary/aromatic N) is 1. The van der Waals surface area contributed by atoms with Crippen LogP contribution in [0.2, 0.25) is 0 Å². The number of thioether (sulfide) groups is 1. The first kappa shape index (κ1) is 11.7. The molecular weight excluding hydrogens is 205 g/mol. The fraction of sp³-hybridized carbons (Fsp3) is 0.875. The minimum atomic E-state index is -1.45. The van der Waals surface area contributed by atoms with Crippen LogP contribution >= 0.6 is 11.8 Å². The predicted octanol–water partition coefficient (Wildman–Crippen LogP) is -0.594. The Hall–Kier alpha value is -0.330. The molecule has 1 unspecified atom stereocenters. The third kappa shape index (κ3) is 3.43. The number of nitrogens with two attached hydrogens (primary N) is 1. The van der Waals surface area contributed by atoms with E-state index in [0.29, 0.717) is 25.4 Å². The van der Waals surface area contributed by atoms with Gasteiger partial charge in [-0.1, -0.05) is 0 Å². The van der Waals surface area contributed by atoms with E-state index in [-0.39, 0.29) is 0 Å². The molecule has 0 spiro atoms. The van der Waals surface area contributed by atoms with Gasteiger partial charge in [-0.25, -0.2) is 4.39 Å². The SMILES string of the molecule is NCCSC(F)C(=O)N1CCNCC1. The quantitative estimate of drug-likeness (QED) is 0.666. The first-order chi connectivity index (χ1) is 6.75. The summed E-state index contributed by atoms with van der Waals surface area (Å²) in [5, 5.41) is 3.11. The largest absolute Gasteiger partial charge is 0.337 e. The van der Waals surface area contributed by atoms with E-state index in [0.717, 1.165) is 24.9 Å². The molecule has 0 radical (unpaired) electrons. The van der Waals surface area contributed by atoms with Crippen LogP contribution in [0.5, 0.6) is 0 Å². The maximum absolute atomic E-state index is 13.3. The predicted molar refractivity (Wildman–Crippen MR) is 55.9 cm³/mol. The van der Waals surface area contributed by atoms with E-state index >= 15 is 0 Å². The Morgan fingerprint density at radius 3 is 2.79 bits per heavy atom. The maximum Gasteiger partial charge on any atom is 0.267 e. The summed E-state index contributed by atoms with van der Waals surface area (Å²) in [5.41, 5.74) is 3.79. The van der Waals surface area contributed by atoms with Crippen molar-refractivity contribution in [1.82, 2.24) is 10.2 Å². The first-order valence-electron chi connectivity index (χ1n) is 4.71. The lowest BCUT2D eigenvalue weighted by molar-refractivity contribution is -0.133. The molecule has 1 fully saturated rings. The zero-order valence-corrected chi connectivity index (χ0v) is 8.86. The summed E-state index contributed by atoms with van der Waals surface area (Å²) in [7, 11) is 0. The van der Waals surface area contributed by atoms with Crippen molar-refractivity contribution in [2.45, 2.75) is 5.50 Å². The lowest BCUT2D eigenvalue weighted by Crippen LogP contribution is -2.48. The molecule has 0 bridgehead atoms.